The van der Waals surface area contributed by atoms with Crippen LogP contribution in [0.1, 0.15) is 44.5 Å². The lowest BCUT2D eigenvalue weighted by molar-refractivity contribution is 0.889. The van der Waals surface area contributed by atoms with E-state index in [9.17, 15) is 0 Å². The van der Waals surface area contributed by atoms with Crippen molar-refractivity contribution in [1.82, 2.24) is 0 Å². The van der Waals surface area contributed by atoms with E-state index in [0.29, 0.717) is 0 Å². The van der Waals surface area contributed by atoms with Gasteiger partial charge in [0.25, 0.3) is 0 Å². The molecule has 0 radical (unpaired) electrons. The van der Waals surface area contributed by atoms with Gasteiger partial charge in [-0.3, -0.25) is 0 Å². The summed E-state index contributed by atoms with van der Waals surface area (Å²) in [5.41, 5.74) is 12.2. The zero-order valence-electron chi connectivity index (χ0n) is 21.4. The zero-order chi connectivity index (χ0) is 25.2. The number of benzene rings is 5. The van der Waals surface area contributed by atoms with Gasteiger partial charge in [-0.15, -0.1) is 0 Å². The molecule has 0 saturated heterocycles. The van der Waals surface area contributed by atoms with Crippen LogP contribution < -0.4 is 0 Å². The second-order valence-corrected chi connectivity index (χ2v) is 9.97. The highest BCUT2D eigenvalue weighted by Gasteiger charge is 2.48. The Morgan fingerprint density at radius 3 is 1.14 bits per heavy atom. The lowest BCUT2D eigenvalue weighted by Crippen LogP contribution is -2.27. The van der Waals surface area contributed by atoms with Gasteiger partial charge < -0.3 is 0 Å². The Balaban J connectivity index is 1.75. The van der Waals surface area contributed by atoms with Crippen molar-refractivity contribution >= 4 is 23.3 Å². The minimum Gasteiger partial charge on any atom is -0.0622 e. The first kappa shape index (κ1) is 23.0. The smallest absolute Gasteiger partial charge is 0.0622 e. The molecule has 0 fully saturated rings. The normalized spacial score (nSPS) is 16.2. The Bertz CT molecular complexity index is 1460. The largest absolute Gasteiger partial charge is 0.0713 e. The zero-order valence-corrected chi connectivity index (χ0v) is 21.4. The van der Waals surface area contributed by atoms with Gasteiger partial charge in [-0.25, -0.2) is 0 Å². The van der Waals surface area contributed by atoms with E-state index in [1.54, 1.807) is 0 Å². The molecule has 0 N–H and O–H groups in total. The van der Waals surface area contributed by atoms with Crippen molar-refractivity contribution in [1.29, 1.82) is 0 Å². The molecule has 1 aliphatic rings. The lowest BCUT2D eigenvalue weighted by Gasteiger charge is -2.35. The average Bonchev–Trinajstić information content (AvgIpc) is 3.22. The molecule has 0 unspecified atom stereocenters. The molecule has 37 heavy (non-hydrogen) atoms. The van der Waals surface area contributed by atoms with E-state index in [1.165, 1.54) is 55.7 Å². The SMILES string of the molecule is Cc1ccc(C=C2c3ccccc3C(=Cc3ccc(C)cc3)C2(c2ccccc2)c2ccccc2)cc1. The van der Waals surface area contributed by atoms with Gasteiger partial charge in [-0.05, 0) is 70.5 Å². The Labute approximate surface area is 220 Å². The maximum absolute atomic E-state index is 2.40. The highest BCUT2D eigenvalue weighted by molar-refractivity contribution is 6.13. The molecule has 1 aliphatic carbocycles. The number of aryl methyl sites for hydroxylation is 2. The van der Waals surface area contributed by atoms with E-state index in [-0.39, 0.29) is 0 Å². The van der Waals surface area contributed by atoms with Gasteiger partial charge in [0.05, 0.1) is 5.41 Å². The van der Waals surface area contributed by atoms with E-state index in [0.717, 1.165) is 0 Å². The number of rotatable bonds is 4. The summed E-state index contributed by atoms with van der Waals surface area (Å²) in [5.74, 6) is 0. The average molecular weight is 475 g/mol. The van der Waals surface area contributed by atoms with Crippen LogP contribution in [0.5, 0.6) is 0 Å². The first-order valence-corrected chi connectivity index (χ1v) is 12.9. The van der Waals surface area contributed by atoms with E-state index in [2.05, 4.69) is 159 Å². The Kier molecular flexibility index (Phi) is 5.94. The van der Waals surface area contributed by atoms with Crippen molar-refractivity contribution in [2.45, 2.75) is 19.3 Å². The van der Waals surface area contributed by atoms with Crippen LogP contribution in [0.2, 0.25) is 0 Å². The molecule has 6 rings (SSSR count). The molecule has 5 aromatic carbocycles. The third-order valence-corrected chi connectivity index (χ3v) is 7.51. The minimum absolute atomic E-state index is 0.456. The molecule has 0 saturated carbocycles. The van der Waals surface area contributed by atoms with E-state index in [4.69, 9.17) is 0 Å². The van der Waals surface area contributed by atoms with Crippen molar-refractivity contribution in [3.05, 3.63) is 178 Å². The molecule has 0 nitrogen and oxygen atoms in total. The highest BCUT2D eigenvalue weighted by Crippen LogP contribution is 2.60. The quantitative estimate of drug-likeness (QED) is 0.243. The standard InChI is InChI=1S/C37H30/c1-27-17-21-29(22-18-27)25-35-33-15-9-10-16-34(33)36(26-30-23-19-28(2)20-24-30)37(35,31-11-5-3-6-12-31)32-13-7-4-8-14-32/h3-26H,1-2H3. The topological polar surface area (TPSA) is 0 Å². The van der Waals surface area contributed by atoms with E-state index >= 15 is 0 Å². The maximum atomic E-state index is 2.40. The molecule has 0 atom stereocenters. The van der Waals surface area contributed by atoms with Crippen LogP contribution in [0.25, 0.3) is 23.3 Å². The number of fused-ring (bicyclic) bond motifs is 1. The molecular weight excluding hydrogens is 444 g/mol. The summed E-state index contributed by atoms with van der Waals surface area (Å²) in [6.07, 6.45) is 4.79. The Morgan fingerprint density at radius 2 is 0.757 bits per heavy atom. The van der Waals surface area contributed by atoms with Crippen LogP contribution in [-0.2, 0) is 5.41 Å². The lowest BCUT2D eigenvalue weighted by atomic mass is 9.66. The fourth-order valence-electron chi connectivity index (χ4n) is 5.70. The Morgan fingerprint density at radius 1 is 0.405 bits per heavy atom. The fourth-order valence-corrected chi connectivity index (χ4v) is 5.70. The van der Waals surface area contributed by atoms with Crippen LogP contribution in [0.15, 0.2) is 133 Å². The van der Waals surface area contributed by atoms with E-state index < -0.39 is 5.41 Å². The van der Waals surface area contributed by atoms with Crippen molar-refractivity contribution < 1.29 is 0 Å². The molecule has 178 valence electrons. The van der Waals surface area contributed by atoms with Crippen molar-refractivity contribution in [2.24, 2.45) is 0 Å². The molecule has 0 heteroatoms. The number of allylic oxidation sites excluding steroid dienone is 2. The van der Waals surface area contributed by atoms with E-state index in [1.807, 2.05) is 0 Å². The molecular formula is C37H30. The van der Waals surface area contributed by atoms with Gasteiger partial charge in [0, 0.05) is 0 Å². The molecule has 0 heterocycles. The third kappa shape index (κ3) is 4.05. The van der Waals surface area contributed by atoms with Crippen molar-refractivity contribution in [2.75, 3.05) is 0 Å². The number of hydrogen-bond donors (Lipinski definition) is 0. The van der Waals surface area contributed by atoms with Gasteiger partial charge in [0.15, 0.2) is 0 Å². The summed E-state index contributed by atoms with van der Waals surface area (Å²) in [7, 11) is 0. The molecule has 0 aromatic heterocycles. The van der Waals surface area contributed by atoms with Crippen LogP contribution in [0.4, 0.5) is 0 Å². The van der Waals surface area contributed by atoms with Gasteiger partial charge in [0.1, 0.15) is 0 Å². The van der Waals surface area contributed by atoms with Gasteiger partial charge >= 0.3 is 0 Å². The second-order valence-electron chi connectivity index (χ2n) is 9.97. The fraction of sp³-hybridized carbons (Fsp3) is 0.0811. The number of hydrogen-bond acceptors (Lipinski definition) is 0. The summed E-state index contributed by atoms with van der Waals surface area (Å²) in [5, 5.41) is 0. The maximum Gasteiger partial charge on any atom is 0.0713 e. The summed E-state index contributed by atoms with van der Waals surface area (Å²) in [4.78, 5) is 0. The predicted octanol–water partition coefficient (Wildman–Crippen LogP) is 9.38. The molecule has 5 aromatic rings. The summed E-state index contributed by atoms with van der Waals surface area (Å²) in [6.45, 7) is 4.28. The predicted molar refractivity (Wildman–Crippen MR) is 158 cm³/mol. The van der Waals surface area contributed by atoms with Crippen LogP contribution in [-0.4, -0.2) is 0 Å². The first-order chi connectivity index (χ1) is 18.2. The summed E-state index contributed by atoms with van der Waals surface area (Å²) < 4.78 is 0. The molecule has 0 spiro atoms. The van der Waals surface area contributed by atoms with Crippen LogP contribution in [0.3, 0.4) is 0 Å². The molecule has 0 bridgehead atoms. The van der Waals surface area contributed by atoms with Gasteiger partial charge in [0.2, 0.25) is 0 Å². The van der Waals surface area contributed by atoms with Gasteiger partial charge in [-0.1, -0.05) is 145 Å². The molecule has 0 amide bonds. The summed E-state index contributed by atoms with van der Waals surface area (Å²) in [6, 6.07) is 48.6. The van der Waals surface area contributed by atoms with Crippen LogP contribution >= 0.6 is 0 Å². The molecule has 0 aliphatic heterocycles. The monoisotopic (exact) mass is 474 g/mol. The first-order valence-electron chi connectivity index (χ1n) is 12.9. The Hall–Kier alpha value is -4.42. The van der Waals surface area contributed by atoms with Gasteiger partial charge in [-0.2, -0.15) is 0 Å². The third-order valence-electron chi connectivity index (χ3n) is 7.51. The van der Waals surface area contributed by atoms with Crippen molar-refractivity contribution in [3.63, 3.8) is 0 Å². The van der Waals surface area contributed by atoms with Crippen LogP contribution in [0, 0.1) is 13.8 Å². The highest BCUT2D eigenvalue weighted by atomic mass is 14.5. The summed E-state index contributed by atoms with van der Waals surface area (Å²) >= 11 is 0. The minimum atomic E-state index is -0.456. The second kappa shape index (κ2) is 9.56. The van der Waals surface area contributed by atoms with Crippen molar-refractivity contribution in [3.8, 4) is 0 Å².